The highest BCUT2D eigenvalue weighted by Gasteiger charge is 2.33. The van der Waals surface area contributed by atoms with E-state index in [2.05, 4.69) is 10.3 Å². The first kappa shape index (κ1) is 22.4. The normalized spacial score (nSPS) is 15.5. The predicted molar refractivity (Wildman–Crippen MR) is 138 cm³/mol. The van der Waals surface area contributed by atoms with Crippen LogP contribution < -0.4 is 5.32 Å². The number of carbonyl (C=O) groups excluding carboxylic acids is 2. The van der Waals surface area contributed by atoms with Gasteiger partial charge in [0.05, 0.1) is 15.6 Å². The molecule has 0 bridgehead atoms. The third-order valence-corrected chi connectivity index (χ3v) is 8.61. The lowest BCUT2D eigenvalue weighted by Gasteiger charge is -2.22. The number of fused-ring (bicyclic) bond motifs is 1. The highest BCUT2D eigenvalue weighted by Crippen LogP contribution is 2.45. The topological polar surface area (TPSA) is 79.6 Å². The zero-order valence-electron chi connectivity index (χ0n) is 19.6. The molecule has 180 valence electrons. The molecule has 2 aliphatic rings. The number of amides is 2. The average Bonchev–Trinajstić information content (AvgIpc) is 3.76. The summed E-state index contributed by atoms with van der Waals surface area (Å²) in [5, 5.41) is 6.00. The summed E-state index contributed by atoms with van der Waals surface area (Å²) >= 11 is 3.16. The number of thiazole rings is 2. The molecule has 0 spiro atoms. The zero-order valence-corrected chi connectivity index (χ0v) is 21.2. The van der Waals surface area contributed by atoms with Crippen LogP contribution in [0.25, 0.3) is 15.4 Å². The minimum absolute atomic E-state index is 0.0334. The van der Waals surface area contributed by atoms with Crippen molar-refractivity contribution in [2.24, 2.45) is 5.92 Å². The SMILES string of the molecule is Cc1nc2sccn2c1C(=O)NCCN(CC1CC1)C(=O)c1nc(C2CC2)sc1-c1ccccc1. The molecular formula is C26H27N5O2S2. The van der Waals surface area contributed by atoms with E-state index in [4.69, 9.17) is 4.98 Å². The van der Waals surface area contributed by atoms with E-state index < -0.39 is 0 Å². The van der Waals surface area contributed by atoms with E-state index in [0.717, 1.165) is 46.1 Å². The summed E-state index contributed by atoms with van der Waals surface area (Å²) in [6, 6.07) is 10.1. The summed E-state index contributed by atoms with van der Waals surface area (Å²) in [4.78, 5) is 39.7. The Morgan fingerprint density at radius 3 is 2.69 bits per heavy atom. The molecule has 2 fully saturated rings. The number of nitrogens with one attached hydrogen (secondary N) is 1. The van der Waals surface area contributed by atoms with E-state index in [9.17, 15) is 9.59 Å². The fourth-order valence-corrected chi connectivity index (χ4v) is 6.36. The second kappa shape index (κ2) is 9.20. The first-order valence-electron chi connectivity index (χ1n) is 12.1. The number of nitrogens with zero attached hydrogens (tertiary/aromatic N) is 4. The van der Waals surface area contributed by atoms with Crippen LogP contribution in [-0.2, 0) is 0 Å². The van der Waals surface area contributed by atoms with Crippen LogP contribution in [-0.4, -0.2) is 50.7 Å². The number of hydrogen-bond donors (Lipinski definition) is 1. The maximum atomic E-state index is 13.8. The number of hydrogen-bond acceptors (Lipinski definition) is 6. The molecule has 2 saturated carbocycles. The molecule has 0 radical (unpaired) electrons. The lowest BCUT2D eigenvalue weighted by atomic mass is 10.1. The van der Waals surface area contributed by atoms with Crippen molar-refractivity contribution in [3.8, 4) is 10.4 Å². The summed E-state index contributed by atoms with van der Waals surface area (Å²) in [6.07, 6.45) is 6.47. The minimum Gasteiger partial charge on any atom is -0.349 e. The Morgan fingerprint density at radius 2 is 1.94 bits per heavy atom. The van der Waals surface area contributed by atoms with Crippen LogP contribution in [0.2, 0.25) is 0 Å². The first-order valence-corrected chi connectivity index (χ1v) is 13.8. The summed E-state index contributed by atoms with van der Waals surface area (Å²) in [7, 11) is 0. The van der Waals surface area contributed by atoms with Crippen molar-refractivity contribution < 1.29 is 9.59 Å². The Balaban J connectivity index is 1.20. The number of carbonyl (C=O) groups is 2. The Kier molecular flexibility index (Phi) is 5.89. The van der Waals surface area contributed by atoms with E-state index >= 15 is 0 Å². The molecule has 2 aliphatic carbocycles. The molecule has 1 N–H and O–H groups in total. The maximum absolute atomic E-state index is 13.8. The van der Waals surface area contributed by atoms with Crippen LogP contribution >= 0.6 is 22.7 Å². The van der Waals surface area contributed by atoms with E-state index in [1.165, 1.54) is 11.3 Å². The molecule has 1 aromatic carbocycles. The van der Waals surface area contributed by atoms with Gasteiger partial charge >= 0.3 is 0 Å². The van der Waals surface area contributed by atoms with Gasteiger partial charge in [0.15, 0.2) is 4.96 Å². The first-order chi connectivity index (χ1) is 17.1. The number of aromatic nitrogens is 3. The van der Waals surface area contributed by atoms with Crippen molar-refractivity contribution in [2.75, 3.05) is 19.6 Å². The Bertz CT molecular complexity index is 1380. The minimum atomic E-state index is -0.165. The van der Waals surface area contributed by atoms with Crippen LogP contribution in [0.15, 0.2) is 41.9 Å². The van der Waals surface area contributed by atoms with Crippen molar-refractivity contribution in [2.45, 2.75) is 38.5 Å². The molecule has 35 heavy (non-hydrogen) atoms. The summed E-state index contributed by atoms with van der Waals surface area (Å²) in [5.74, 6) is 0.836. The molecule has 9 heteroatoms. The smallest absolute Gasteiger partial charge is 0.274 e. The maximum Gasteiger partial charge on any atom is 0.274 e. The lowest BCUT2D eigenvalue weighted by molar-refractivity contribution is 0.0736. The number of rotatable bonds is 9. The van der Waals surface area contributed by atoms with Crippen LogP contribution in [0.5, 0.6) is 0 Å². The fourth-order valence-electron chi connectivity index (χ4n) is 4.36. The predicted octanol–water partition coefficient (Wildman–Crippen LogP) is 4.99. The van der Waals surface area contributed by atoms with Gasteiger partial charge in [-0.1, -0.05) is 30.3 Å². The molecule has 0 unspecified atom stereocenters. The Labute approximate surface area is 211 Å². The van der Waals surface area contributed by atoms with Crippen LogP contribution in [0.1, 0.15) is 63.3 Å². The van der Waals surface area contributed by atoms with Gasteiger partial charge in [0.1, 0.15) is 11.4 Å². The summed E-state index contributed by atoms with van der Waals surface area (Å²) < 4.78 is 1.82. The molecule has 2 amide bonds. The average molecular weight is 506 g/mol. The third kappa shape index (κ3) is 4.62. The largest absolute Gasteiger partial charge is 0.349 e. The molecule has 0 atom stereocenters. The highest BCUT2D eigenvalue weighted by molar-refractivity contribution is 7.15. The molecule has 4 aromatic rings. The summed E-state index contributed by atoms with van der Waals surface area (Å²) in [6.45, 7) is 3.40. The van der Waals surface area contributed by atoms with E-state index in [0.29, 0.717) is 48.6 Å². The van der Waals surface area contributed by atoms with Crippen molar-refractivity contribution in [1.82, 2.24) is 24.6 Å². The molecule has 0 saturated heterocycles. The molecule has 6 rings (SSSR count). The van der Waals surface area contributed by atoms with Crippen molar-refractivity contribution in [3.05, 3.63) is 64.0 Å². The Hall–Kier alpha value is -3.04. The monoisotopic (exact) mass is 505 g/mol. The van der Waals surface area contributed by atoms with Gasteiger partial charge in [-0.3, -0.25) is 14.0 Å². The van der Waals surface area contributed by atoms with Crippen molar-refractivity contribution >= 4 is 39.4 Å². The Morgan fingerprint density at radius 1 is 1.14 bits per heavy atom. The number of benzene rings is 1. The third-order valence-electron chi connectivity index (χ3n) is 6.59. The number of aryl methyl sites for hydroxylation is 1. The van der Waals surface area contributed by atoms with Gasteiger partial charge in [-0.2, -0.15) is 0 Å². The van der Waals surface area contributed by atoms with Crippen molar-refractivity contribution in [3.63, 3.8) is 0 Å². The molecular weight excluding hydrogens is 478 g/mol. The molecule has 3 heterocycles. The van der Waals surface area contributed by atoms with Gasteiger partial charge in [0.25, 0.3) is 11.8 Å². The van der Waals surface area contributed by atoms with Gasteiger partial charge in [-0.05, 0) is 44.1 Å². The van der Waals surface area contributed by atoms with Crippen LogP contribution in [0, 0.1) is 12.8 Å². The van der Waals surface area contributed by atoms with Crippen LogP contribution in [0.3, 0.4) is 0 Å². The highest BCUT2D eigenvalue weighted by atomic mass is 32.1. The quantitative estimate of drug-likeness (QED) is 0.348. The summed E-state index contributed by atoms with van der Waals surface area (Å²) in [5.41, 5.74) is 2.86. The van der Waals surface area contributed by atoms with Gasteiger partial charge in [0.2, 0.25) is 0 Å². The second-order valence-electron chi connectivity index (χ2n) is 9.42. The van der Waals surface area contributed by atoms with Gasteiger partial charge in [-0.25, -0.2) is 9.97 Å². The van der Waals surface area contributed by atoms with Crippen molar-refractivity contribution in [1.29, 1.82) is 0 Å². The molecule has 3 aromatic heterocycles. The fraction of sp³-hybridized carbons (Fsp3) is 0.385. The van der Waals surface area contributed by atoms with Gasteiger partial charge in [0, 0.05) is 37.1 Å². The number of imidazole rings is 1. The van der Waals surface area contributed by atoms with Crippen LogP contribution in [0.4, 0.5) is 0 Å². The standard InChI is InChI=1S/C26H27N5O2S2/c1-16-21(31-13-14-34-26(31)28-16)23(32)27-11-12-30(15-17-7-8-17)25(33)20-22(18-5-3-2-4-6-18)35-24(29-20)19-9-10-19/h2-6,13-14,17,19H,7-12,15H2,1H3,(H,27,32). The van der Waals surface area contributed by atoms with E-state index in [-0.39, 0.29) is 11.8 Å². The molecule has 0 aliphatic heterocycles. The van der Waals surface area contributed by atoms with Gasteiger partial charge in [-0.15, -0.1) is 22.7 Å². The van der Waals surface area contributed by atoms with E-state index in [1.807, 2.05) is 58.1 Å². The van der Waals surface area contributed by atoms with E-state index in [1.54, 1.807) is 11.3 Å². The van der Waals surface area contributed by atoms with Gasteiger partial charge < -0.3 is 10.2 Å². The lowest BCUT2D eigenvalue weighted by Crippen LogP contribution is -2.40. The zero-order chi connectivity index (χ0) is 23.9. The molecule has 7 nitrogen and oxygen atoms in total. The second-order valence-corrected chi connectivity index (χ2v) is 11.3.